The largest absolute Gasteiger partial charge is 0.486 e. The van der Waals surface area contributed by atoms with Gasteiger partial charge in [-0.1, -0.05) is 18.9 Å². The van der Waals surface area contributed by atoms with Crippen molar-refractivity contribution in [2.24, 2.45) is 0 Å². The molecule has 0 saturated heterocycles. The lowest BCUT2D eigenvalue weighted by atomic mass is 9.78. The van der Waals surface area contributed by atoms with E-state index in [2.05, 4.69) is 10.6 Å². The smallest absolute Gasteiger partial charge is 0.325 e. The van der Waals surface area contributed by atoms with Gasteiger partial charge in [-0.2, -0.15) is 0 Å². The zero-order valence-corrected chi connectivity index (χ0v) is 19.1. The minimum Gasteiger partial charge on any atom is -0.486 e. The van der Waals surface area contributed by atoms with E-state index in [1.165, 1.54) is 0 Å². The van der Waals surface area contributed by atoms with Gasteiger partial charge in [0.1, 0.15) is 26.4 Å². The second-order valence-corrected chi connectivity index (χ2v) is 8.58. The molecule has 184 valence electrons. The summed E-state index contributed by atoms with van der Waals surface area (Å²) in [7, 11) is 0. The molecular weight excluding hydrogens is 456 g/mol. The summed E-state index contributed by atoms with van der Waals surface area (Å²) in [5, 5.41) is 4.73. The Bertz CT molecular complexity index is 1140. The molecule has 0 unspecified atom stereocenters. The van der Waals surface area contributed by atoms with Crippen molar-refractivity contribution < 1.29 is 38.1 Å². The summed E-state index contributed by atoms with van der Waals surface area (Å²) >= 11 is 0. The highest BCUT2D eigenvalue weighted by Crippen LogP contribution is 2.45. The van der Waals surface area contributed by atoms with Gasteiger partial charge >= 0.3 is 12.0 Å². The third-order valence-electron chi connectivity index (χ3n) is 6.33. The van der Waals surface area contributed by atoms with Gasteiger partial charge < -0.3 is 29.0 Å². The molecule has 0 radical (unpaired) electrons. The van der Waals surface area contributed by atoms with E-state index in [4.69, 9.17) is 23.7 Å². The quantitative estimate of drug-likeness (QED) is 0.624. The fraction of sp³-hybridized carbons (Fsp3) is 0.400. The molecule has 10 heteroatoms. The van der Waals surface area contributed by atoms with Crippen molar-refractivity contribution in [3.8, 4) is 23.0 Å². The number of hydrogen-bond acceptors (Lipinski definition) is 8. The molecule has 2 aromatic carbocycles. The summed E-state index contributed by atoms with van der Waals surface area (Å²) < 4.78 is 27.5. The Morgan fingerprint density at radius 1 is 0.800 bits per heavy atom. The van der Waals surface area contributed by atoms with Gasteiger partial charge in [-0.25, -0.2) is 4.79 Å². The van der Waals surface area contributed by atoms with Gasteiger partial charge in [0.25, 0.3) is 5.91 Å². The number of rotatable bonds is 5. The molecule has 3 aliphatic rings. The number of urea groups is 1. The summed E-state index contributed by atoms with van der Waals surface area (Å²) in [6.07, 6.45) is 2.96. The summed E-state index contributed by atoms with van der Waals surface area (Å²) in [5.74, 6) is 1.11. The Morgan fingerprint density at radius 2 is 1.40 bits per heavy atom. The SMILES string of the molecule is O=C(COC(=O)C1(c2ccc3c(c2)OCCO3)CCCC1)NC(=O)Nc1ccc2c(c1)OCCO2. The Balaban J connectivity index is 1.18. The van der Waals surface area contributed by atoms with E-state index < -0.39 is 29.9 Å². The maximum Gasteiger partial charge on any atom is 0.325 e. The van der Waals surface area contributed by atoms with Crippen LogP contribution in [0.1, 0.15) is 31.2 Å². The van der Waals surface area contributed by atoms with Crippen molar-refractivity contribution in [1.29, 1.82) is 0 Å². The first kappa shape index (κ1) is 22.8. The van der Waals surface area contributed by atoms with E-state index in [1.54, 1.807) is 24.3 Å². The first-order chi connectivity index (χ1) is 17.0. The molecule has 2 aromatic rings. The van der Waals surface area contributed by atoms with E-state index in [1.807, 2.05) is 12.1 Å². The predicted molar refractivity (Wildman–Crippen MR) is 123 cm³/mol. The summed E-state index contributed by atoms with van der Waals surface area (Å²) in [6, 6.07) is 9.64. The monoisotopic (exact) mass is 482 g/mol. The lowest BCUT2D eigenvalue weighted by molar-refractivity contribution is -0.154. The van der Waals surface area contributed by atoms with Crippen LogP contribution in [0.25, 0.3) is 0 Å². The number of carbonyl (C=O) groups excluding carboxylic acids is 3. The van der Waals surface area contributed by atoms with E-state index in [0.717, 1.165) is 18.4 Å². The van der Waals surface area contributed by atoms with Crippen molar-refractivity contribution >= 4 is 23.6 Å². The number of anilines is 1. The number of amides is 3. The third kappa shape index (κ3) is 4.82. The Kier molecular flexibility index (Phi) is 6.35. The molecular formula is C25H26N2O8. The van der Waals surface area contributed by atoms with E-state index in [0.29, 0.717) is 68.0 Å². The molecule has 2 heterocycles. The van der Waals surface area contributed by atoms with Crippen LogP contribution in [-0.2, 0) is 19.7 Å². The molecule has 2 N–H and O–H groups in total. The van der Waals surface area contributed by atoms with Crippen LogP contribution in [0.3, 0.4) is 0 Å². The van der Waals surface area contributed by atoms with Crippen molar-refractivity contribution in [3.05, 3.63) is 42.0 Å². The van der Waals surface area contributed by atoms with Crippen LogP contribution in [0.2, 0.25) is 0 Å². The molecule has 5 rings (SSSR count). The van der Waals surface area contributed by atoms with Gasteiger partial charge in [-0.05, 0) is 42.7 Å². The minimum absolute atomic E-state index is 0.417. The van der Waals surface area contributed by atoms with Crippen LogP contribution in [0, 0.1) is 0 Å². The highest BCUT2D eigenvalue weighted by molar-refractivity contribution is 6.02. The van der Waals surface area contributed by atoms with E-state index in [-0.39, 0.29) is 0 Å². The minimum atomic E-state index is -0.858. The zero-order chi connectivity index (χ0) is 24.3. The molecule has 0 spiro atoms. The van der Waals surface area contributed by atoms with Crippen LogP contribution >= 0.6 is 0 Å². The highest BCUT2D eigenvalue weighted by atomic mass is 16.6. The second-order valence-electron chi connectivity index (χ2n) is 8.58. The molecule has 1 fully saturated rings. The Hall–Kier alpha value is -3.95. The van der Waals surface area contributed by atoms with Gasteiger partial charge in [-0.3, -0.25) is 14.9 Å². The first-order valence-electron chi connectivity index (χ1n) is 11.6. The molecule has 2 aliphatic heterocycles. The molecule has 35 heavy (non-hydrogen) atoms. The van der Waals surface area contributed by atoms with Crippen molar-refractivity contribution in [2.45, 2.75) is 31.1 Å². The average Bonchev–Trinajstić information content (AvgIpc) is 3.38. The first-order valence-corrected chi connectivity index (χ1v) is 11.6. The number of hydrogen-bond donors (Lipinski definition) is 2. The number of benzene rings is 2. The average molecular weight is 482 g/mol. The maximum atomic E-state index is 13.2. The maximum absolute atomic E-state index is 13.2. The number of carbonyl (C=O) groups is 3. The number of nitrogens with one attached hydrogen (secondary N) is 2. The van der Waals surface area contributed by atoms with Gasteiger partial charge in [0.2, 0.25) is 0 Å². The number of fused-ring (bicyclic) bond motifs is 2. The van der Waals surface area contributed by atoms with Crippen LogP contribution in [0.4, 0.5) is 10.5 Å². The van der Waals surface area contributed by atoms with Gasteiger partial charge in [0, 0.05) is 11.8 Å². The summed E-state index contributed by atoms with van der Waals surface area (Å²) in [6.45, 7) is 1.24. The fourth-order valence-corrected chi connectivity index (χ4v) is 4.65. The molecule has 0 atom stereocenters. The lowest BCUT2D eigenvalue weighted by Crippen LogP contribution is -2.40. The van der Waals surface area contributed by atoms with Gasteiger partial charge in [0.15, 0.2) is 29.6 Å². The number of ether oxygens (including phenoxy) is 5. The van der Waals surface area contributed by atoms with Gasteiger partial charge in [0.05, 0.1) is 5.41 Å². The molecule has 1 saturated carbocycles. The number of esters is 1. The van der Waals surface area contributed by atoms with Crippen molar-refractivity contribution in [3.63, 3.8) is 0 Å². The molecule has 10 nitrogen and oxygen atoms in total. The van der Waals surface area contributed by atoms with Crippen LogP contribution in [-0.4, -0.2) is 50.9 Å². The van der Waals surface area contributed by atoms with Crippen molar-refractivity contribution in [1.82, 2.24) is 5.32 Å². The summed E-state index contributed by atoms with van der Waals surface area (Å²) in [4.78, 5) is 37.7. The topological polar surface area (TPSA) is 121 Å². The lowest BCUT2D eigenvalue weighted by Gasteiger charge is -2.28. The molecule has 3 amide bonds. The third-order valence-corrected chi connectivity index (χ3v) is 6.33. The highest BCUT2D eigenvalue weighted by Gasteiger charge is 2.45. The molecule has 1 aliphatic carbocycles. The Morgan fingerprint density at radius 3 is 2.09 bits per heavy atom. The van der Waals surface area contributed by atoms with Crippen LogP contribution in [0.5, 0.6) is 23.0 Å². The van der Waals surface area contributed by atoms with Crippen LogP contribution < -0.4 is 29.6 Å². The van der Waals surface area contributed by atoms with Crippen molar-refractivity contribution in [2.75, 3.05) is 38.4 Å². The fourth-order valence-electron chi connectivity index (χ4n) is 4.65. The van der Waals surface area contributed by atoms with Gasteiger partial charge in [-0.15, -0.1) is 0 Å². The predicted octanol–water partition coefficient (Wildman–Crippen LogP) is 2.93. The molecule has 0 aromatic heterocycles. The standard InChI is InChI=1S/C25H26N2O8/c28-22(27-24(30)26-17-4-6-19-21(14-17)34-12-10-32-19)15-35-23(29)25(7-1-2-8-25)16-3-5-18-20(13-16)33-11-9-31-18/h3-6,13-14H,1-2,7-12,15H2,(H2,26,27,28,30). The van der Waals surface area contributed by atoms with E-state index in [9.17, 15) is 14.4 Å². The van der Waals surface area contributed by atoms with Crippen LogP contribution in [0.15, 0.2) is 36.4 Å². The van der Waals surface area contributed by atoms with E-state index >= 15 is 0 Å². The second kappa shape index (κ2) is 9.73. The normalized spacial score (nSPS) is 17.3. The summed E-state index contributed by atoms with van der Waals surface area (Å²) in [5.41, 5.74) is 0.352. The Labute approximate surface area is 201 Å². The zero-order valence-electron chi connectivity index (χ0n) is 19.1. The molecule has 0 bridgehead atoms. The number of imide groups is 1.